The third-order valence-corrected chi connectivity index (χ3v) is 5.99. The van der Waals surface area contributed by atoms with Crippen molar-refractivity contribution < 1.29 is 14.9 Å². The summed E-state index contributed by atoms with van der Waals surface area (Å²) >= 11 is 0. The second-order valence-electron chi connectivity index (χ2n) is 7.60. The maximum absolute atomic E-state index is 10.5. The van der Waals surface area contributed by atoms with E-state index < -0.39 is 17.9 Å². The lowest BCUT2D eigenvalue weighted by Crippen LogP contribution is -2.40. The smallest absolute Gasteiger partial charge is 0.142 e. The Bertz CT molecular complexity index is 920. The first-order chi connectivity index (χ1) is 13.7. The standard InChI is InChI=1S/C24H23NO3/c26-19-15-22-24(17-9-3-1-4-10-17,18-11-5-2-6-12-18)28-23(25(22)16-19)20-13-7-8-14-21(20)27/h1-14,19,22-23,26-27H,15-16H2/t19-,22+,23-/m1/s1. The molecule has 2 aliphatic rings. The van der Waals surface area contributed by atoms with E-state index in [0.717, 1.165) is 16.7 Å². The lowest BCUT2D eigenvalue weighted by Gasteiger charge is -2.35. The van der Waals surface area contributed by atoms with Crippen LogP contribution in [-0.2, 0) is 10.3 Å². The molecule has 0 aliphatic carbocycles. The fourth-order valence-electron chi connectivity index (χ4n) is 4.82. The predicted molar refractivity (Wildman–Crippen MR) is 107 cm³/mol. The summed E-state index contributed by atoms with van der Waals surface area (Å²) in [6.45, 7) is 0.519. The zero-order valence-electron chi connectivity index (χ0n) is 15.5. The zero-order valence-corrected chi connectivity index (χ0v) is 15.5. The van der Waals surface area contributed by atoms with Gasteiger partial charge in [0.05, 0.1) is 12.1 Å². The second-order valence-corrected chi connectivity index (χ2v) is 7.60. The van der Waals surface area contributed by atoms with E-state index in [-0.39, 0.29) is 11.8 Å². The third kappa shape index (κ3) is 2.57. The van der Waals surface area contributed by atoms with Gasteiger partial charge in [0.2, 0.25) is 0 Å². The SMILES string of the molecule is Oc1ccccc1[C@H]1OC(c2ccccc2)(c2ccccc2)[C@@H]2C[C@@H](O)CN12. The number of nitrogens with zero attached hydrogens (tertiary/aromatic N) is 1. The first kappa shape index (κ1) is 17.4. The van der Waals surface area contributed by atoms with Crippen molar-refractivity contribution in [2.75, 3.05) is 6.54 Å². The van der Waals surface area contributed by atoms with Crippen molar-refractivity contribution in [1.29, 1.82) is 0 Å². The molecule has 4 nitrogen and oxygen atoms in total. The van der Waals surface area contributed by atoms with Crippen molar-refractivity contribution in [3.05, 3.63) is 102 Å². The number of ether oxygens (including phenoxy) is 1. The van der Waals surface area contributed by atoms with Gasteiger partial charge in [-0.25, -0.2) is 0 Å². The van der Waals surface area contributed by atoms with Crippen molar-refractivity contribution in [1.82, 2.24) is 4.90 Å². The Morgan fingerprint density at radius 2 is 1.39 bits per heavy atom. The molecule has 0 bridgehead atoms. The third-order valence-electron chi connectivity index (χ3n) is 5.99. The van der Waals surface area contributed by atoms with Gasteiger partial charge in [-0.05, 0) is 23.6 Å². The Kier molecular flexibility index (Phi) is 4.20. The molecule has 0 saturated carbocycles. The van der Waals surface area contributed by atoms with Crippen LogP contribution in [0.3, 0.4) is 0 Å². The summed E-state index contributed by atoms with van der Waals surface area (Å²) in [5.41, 5.74) is 2.13. The van der Waals surface area contributed by atoms with Crippen LogP contribution in [0.4, 0.5) is 0 Å². The largest absolute Gasteiger partial charge is 0.508 e. The van der Waals surface area contributed by atoms with Crippen molar-refractivity contribution in [2.45, 2.75) is 30.4 Å². The van der Waals surface area contributed by atoms with E-state index in [0.29, 0.717) is 13.0 Å². The average Bonchev–Trinajstić information content (AvgIpc) is 3.26. The number of aliphatic hydroxyl groups excluding tert-OH is 1. The van der Waals surface area contributed by atoms with Gasteiger partial charge in [0.15, 0.2) is 0 Å². The van der Waals surface area contributed by atoms with Crippen LogP contribution in [0.5, 0.6) is 5.75 Å². The molecule has 0 aromatic heterocycles. The summed E-state index contributed by atoms with van der Waals surface area (Å²) in [7, 11) is 0. The zero-order chi connectivity index (χ0) is 19.1. The topological polar surface area (TPSA) is 52.9 Å². The Labute approximate surface area is 164 Å². The quantitative estimate of drug-likeness (QED) is 0.733. The van der Waals surface area contributed by atoms with Gasteiger partial charge in [-0.1, -0.05) is 78.9 Å². The minimum absolute atomic E-state index is 0.0306. The number of aliphatic hydroxyl groups is 1. The van der Waals surface area contributed by atoms with Gasteiger partial charge in [0.25, 0.3) is 0 Å². The lowest BCUT2D eigenvalue weighted by atomic mass is 9.79. The van der Waals surface area contributed by atoms with E-state index in [1.807, 2.05) is 54.6 Å². The Morgan fingerprint density at radius 3 is 2.00 bits per heavy atom. The number of rotatable bonds is 3. The number of hydrogen-bond acceptors (Lipinski definition) is 4. The number of hydrogen-bond donors (Lipinski definition) is 2. The number of phenolic OH excluding ortho intramolecular Hbond substituents is 1. The number of phenols is 1. The summed E-state index contributed by atoms with van der Waals surface area (Å²) in [5, 5.41) is 21.0. The minimum Gasteiger partial charge on any atom is -0.508 e. The van der Waals surface area contributed by atoms with Crippen molar-refractivity contribution in [2.24, 2.45) is 0 Å². The van der Waals surface area contributed by atoms with Crippen LogP contribution in [0.2, 0.25) is 0 Å². The summed E-state index contributed by atoms with van der Waals surface area (Å²) in [4.78, 5) is 2.19. The summed E-state index contributed by atoms with van der Waals surface area (Å²) < 4.78 is 6.86. The molecule has 0 unspecified atom stereocenters. The van der Waals surface area contributed by atoms with Crippen molar-refractivity contribution >= 4 is 0 Å². The molecule has 4 heteroatoms. The van der Waals surface area contributed by atoms with Gasteiger partial charge in [-0.15, -0.1) is 0 Å². The van der Waals surface area contributed by atoms with E-state index in [1.165, 1.54) is 0 Å². The molecule has 0 amide bonds. The molecule has 2 aliphatic heterocycles. The average molecular weight is 373 g/mol. The first-order valence-electron chi connectivity index (χ1n) is 9.71. The van der Waals surface area contributed by atoms with E-state index >= 15 is 0 Å². The molecule has 0 radical (unpaired) electrons. The molecule has 5 rings (SSSR count). The van der Waals surface area contributed by atoms with Gasteiger partial charge in [-0.3, -0.25) is 4.90 Å². The molecular weight excluding hydrogens is 350 g/mol. The van der Waals surface area contributed by atoms with Gasteiger partial charge < -0.3 is 14.9 Å². The van der Waals surface area contributed by atoms with Crippen LogP contribution >= 0.6 is 0 Å². The van der Waals surface area contributed by atoms with E-state index in [2.05, 4.69) is 29.2 Å². The Balaban J connectivity index is 1.72. The molecule has 28 heavy (non-hydrogen) atoms. The highest BCUT2D eigenvalue weighted by molar-refractivity contribution is 5.43. The highest BCUT2D eigenvalue weighted by Crippen LogP contribution is 2.55. The number of aromatic hydroxyl groups is 1. The molecule has 2 fully saturated rings. The van der Waals surface area contributed by atoms with Crippen LogP contribution in [0.25, 0.3) is 0 Å². The molecule has 2 heterocycles. The van der Waals surface area contributed by atoms with E-state index in [4.69, 9.17) is 4.74 Å². The highest BCUT2D eigenvalue weighted by Gasteiger charge is 2.59. The maximum atomic E-state index is 10.5. The van der Waals surface area contributed by atoms with Gasteiger partial charge in [-0.2, -0.15) is 0 Å². The van der Waals surface area contributed by atoms with Gasteiger partial charge in [0, 0.05) is 12.1 Å². The first-order valence-corrected chi connectivity index (χ1v) is 9.71. The normalized spacial score (nSPS) is 26.2. The van der Waals surface area contributed by atoms with Gasteiger partial charge >= 0.3 is 0 Å². The summed E-state index contributed by atoms with van der Waals surface area (Å²) in [6, 6.07) is 27.7. The molecule has 0 spiro atoms. The van der Waals surface area contributed by atoms with Crippen LogP contribution in [0.15, 0.2) is 84.9 Å². The Morgan fingerprint density at radius 1 is 0.821 bits per heavy atom. The van der Waals surface area contributed by atoms with Crippen LogP contribution < -0.4 is 0 Å². The molecule has 3 aromatic carbocycles. The van der Waals surface area contributed by atoms with E-state index in [9.17, 15) is 10.2 Å². The van der Waals surface area contributed by atoms with Crippen LogP contribution in [0.1, 0.15) is 29.3 Å². The molecule has 2 saturated heterocycles. The number of para-hydroxylation sites is 1. The second kappa shape index (κ2) is 6.74. The maximum Gasteiger partial charge on any atom is 0.142 e. The van der Waals surface area contributed by atoms with Crippen LogP contribution in [0, 0.1) is 0 Å². The van der Waals surface area contributed by atoms with Gasteiger partial charge in [0.1, 0.15) is 17.6 Å². The van der Waals surface area contributed by atoms with Crippen LogP contribution in [-0.4, -0.2) is 33.8 Å². The molecule has 142 valence electrons. The molecule has 2 N–H and O–H groups in total. The lowest BCUT2D eigenvalue weighted by molar-refractivity contribution is -0.0552. The van der Waals surface area contributed by atoms with Crippen molar-refractivity contribution in [3.8, 4) is 5.75 Å². The predicted octanol–water partition coefficient (Wildman–Crippen LogP) is 3.80. The molecular formula is C24H23NO3. The highest BCUT2D eigenvalue weighted by atomic mass is 16.5. The summed E-state index contributed by atoms with van der Waals surface area (Å²) in [6.07, 6.45) is -0.230. The monoisotopic (exact) mass is 373 g/mol. The fraction of sp³-hybridized carbons (Fsp3) is 0.250. The summed E-state index contributed by atoms with van der Waals surface area (Å²) in [5.74, 6) is 0.213. The number of fused-ring (bicyclic) bond motifs is 1. The number of benzene rings is 3. The van der Waals surface area contributed by atoms with Crippen molar-refractivity contribution in [3.63, 3.8) is 0 Å². The molecule has 3 aromatic rings. The van der Waals surface area contributed by atoms with E-state index in [1.54, 1.807) is 6.07 Å². The molecule has 3 atom stereocenters. The minimum atomic E-state index is -0.715. The Hall–Kier alpha value is -2.66. The fourth-order valence-corrected chi connectivity index (χ4v) is 4.82.